The van der Waals surface area contributed by atoms with Crippen LogP contribution in [0.1, 0.15) is 32.8 Å². The predicted octanol–water partition coefficient (Wildman–Crippen LogP) is 5.44. The largest absolute Gasteiger partial charge is 0.444 e. The minimum atomic E-state index is -0.604. The summed E-state index contributed by atoms with van der Waals surface area (Å²) in [6.07, 6.45) is 1.95. The highest BCUT2D eigenvalue weighted by Gasteiger charge is 2.27. The number of nitrogens with one attached hydrogen (secondary N) is 1. The van der Waals surface area contributed by atoms with Gasteiger partial charge in [0.2, 0.25) is 0 Å². The maximum atomic E-state index is 13.5. The summed E-state index contributed by atoms with van der Waals surface area (Å²) in [5.74, 6) is -0.267. The summed E-state index contributed by atoms with van der Waals surface area (Å²) in [6, 6.07) is 7.60. The van der Waals surface area contributed by atoms with Crippen molar-refractivity contribution < 1.29 is 19.0 Å². The molecule has 7 nitrogen and oxygen atoms in total. The maximum Gasteiger partial charge on any atom is 0.407 e. The van der Waals surface area contributed by atoms with E-state index in [4.69, 9.17) is 27.9 Å². The van der Waals surface area contributed by atoms with Crippen LogP contribution in [0.4, 0.5) is 14.9 Å². The number of imidazole rings is 1. The Kier molecular flexibility index (Phi) is 7.97. The highest BCUT2D eigenvalue weighted by molar-refractivity contribution is 6.42. The molecule has 1 amide bonds. The van der Waals surface area contributed by atoms with Crippen LogP contribution in [0.5, 0.6) is 0 Å². The van der Waals surface area contributed by atoms with Crippen molar-refractivity contribution in [2.24, 2.45) is 5.41 Å². The molecule has 2 atom stereocenters. The number of hydrogen-bond donors (Lipinski definition) is 2. The minimum Gasteiger partial charge on any atom is -0.444 e. The number of rotatable bonds is 8. The second-order valence-electron chi connectivity index (χ2n) is 10.4. The zero-order chi connectivity index (χ0) is 26.0. The minimum absolute atomic E-state index is 0.104. The average molecular weight is 537 g/mol. The Morgan fingerprint density at radius 1 is 1.22 bits per heavy atom. The number of aromatic nitrogens is 2. The van der Waals surface area contributed by atoms with Gasteiger partial charge in [-0.2, -0.15) is 0 Å². The molecule has 2 heterocycles. The molecule has 1 aromatic heterocycles. The van der Waals surface area contributed by atoms with Gasteiger partial charge in [0.15, 0.2) is 0 Å². The van der Waals surface area contributed by atoms with Crippen LogP contribution in [-0.2, 0) is 17.7 Å². The Morgan fingerprint density at radius 3 is 2.69 bits per heavy atom. The van der Waals surface area contributed by atoms with Gasteiger partial charge in [-0.05, 0) is 54.2 Å². The highest BCUT2D eigenvalue weighted by atomic mass is 35.5. The molecule has 36 heavy (non-hydrogen) atoms. The van der Waals surface area contributed by atoms with Crippen molar-refractivity contribution in [1.29, 1.82) is 0 Å². The van der Waals surface area contributed by atoms with Gasteiger partial charge in [-0.3, -0.25) is 0 Å². The number of carbonyl (C=O) groups excluding carboxylic acids is 1. The van der Waals surface area contributed by atoms with Crippen LogP contribution in [-0.4, -0.2) is 52.6 Å². The number of amides is 1. The number of ether oxygens (including phenoxy) is 1. The first-order valence-corrected chi connectivity index (χ1v) is 12.7. The maximum absolute atomic E-state index is 13.5. The Balaban J connectivity index is 1.43. The standard InChI is InChI=1S/C26H31Cl2FN4O3/c1-26(2,3)11-19(13-33-15-30-22-9-20(27)21(28)10-24(22)33)36-25(35)31-18(14-34)12-32-7-6-16-8-17(29)4-5-23(16)32/h4-5,8-10,15,18-19,34H,6-7,11-14H2,1-3H3,(H,31,35)/t18-,19+/m1/s1. The normalized spacial score (nSPS) is 15.1. The van der Waals surface area contributed by atoms with Crippen LogP contribution < -0.4 is 10.2 Å². The number of alkyl carbamates (subject to hydrolysis) is 1. The lowest BCUT2D eigenvalue weighted by Crippen LogP contribution is -2.47. The number of carbonyl (C=O) groups is 1. The molecule has 194 valence electrons. The monoisotopic (exact) mass is 536 g/mol. The van der Waals surface area contributed by atoms with Crippen molar-refractivity contribution in [3.63, 3.8) is 0 Å². The van der Waals surface area contributed by atoms with Gasteiger partial charge in [0.1, 0.15) is 11.9 Å². The van der Waals surface area contributed by atoms with Gasteiger partial charge < -0.3 is 24.6 Å². The number of benzene rings is 2. The summed E-state index contributed by atoms with van der Waals surface area (Å²) in [4.78, 5) is 19.3. The van der Waals surface area contributed by atoms with E-state index in [1.165, 1.54) is 12.1 Å². The number of hydrogen-bond acceptors (Lipinski definition) is 5. The fraction of sp³-hybridized carbons (Fsp3) is 0.462. The van der Waals surface area contributed by atoms with Crippen molar-refractivity contribution >= 4 is 46.0 Å². The predicted molar refractivity (Wildman–Crippen MR) is 140 cm³/mol. The topological polar surface area (TPSA) is 79.6 Å². The molecule has 10 heteroatoms. The van der Waals surface area contributed by atoms with Crippen LogP contribution in [0.3, 0.4) is 0 Å². The van der Waals surface area contributed by atoms with E-state index in [1.807, 2.05) is 9.47 Å². The van der Waals surface area contributed by atoms with Gasteiger partial charge in [0.05, 0.1) is 46.6 Å². The van der Waals surface area contributed by atoms with E-state index in [-0.39, 0.29) is 17.8 Å². The number of aliphatic hydroxyl groups excluding tert-OH is 1. The van der Waals surface area contributed by atoms with Gasteiger partial charge in [0.25, 0.3) is 0 Å². The Bertz CT molecular complexity index is 1240. The molecule has 2 aromatic carbocycles. The third-order valence-corrected chi connectivity index (χ3v) is 6.92. The third kappa shape index (κ3) is 6.41. The van der Waals surface area contributed by atoms with Crippen molar-refractivity contribution in [2.45, 2.75) is 52.3 Å². The molecule has 0 spiro atoms. The number of halogens is 3. The fourth-order valence-electron chi connectivity index (χ4n) is 4.64. The van der Waals surface area contributed by atoms with Crippen molar-refractivity contribution in [2.75, 3.05) is 24.6 Å². The summed E-state index contributed by atoms with van der Waals surface area (Å²) in [7, 11) is 0. The number of aliphatic hydroxyl groups is 1. The molecule has 0 fully saturated rings. The van der Waals surface area contributed by atoms with E-state index >= 15 is 0 Å². The molecule has 0 saturated carbocycles. The third-order valence-electron chi connectivity index (χ3n) is 6.19. The van der Waals surface area contributed by atoms with Crippen LogP contribution >= 0.6 is 23.2 Å². The lowest BCUT2D eigenvalue weighted by Gasteiger charge is -2.29. The lowest BCUT2D eigenvalue weighted by molar-refractivity contribution is 0.0583. The summed E-state index contributed by atoms with van der Waals surface area (Å²) >= 11 is 12.3. The van der Waals surface area contributed by atoms with Crippen molar-refractivity contribution in [1.82, 2.24) is 14.9 Å². The average Bonchev–Trinajstić information content (AvgIpc) is 3.35. The molecule has 0 aliphatic carbocycles. The van der Waals surface area contributed by atoms with Crippen molar-refractivity contribution in [3.8, 4) is 0 Å². The molecule has 4 rings (SSSR count). The lowest BCUT2D eigenvalue weighted by atomic mass is 9.89. The van der Waals surface area contributed by atoms with E-state index < -0.39 is 18.2 Å². The molecule has 1 aliphatic heterocycles. The Hall–Kier alpha value is -2.55. The molecule has 0 saturated heterocycles. The van der Waals surface area contributed by atoms with Crippen LogP contribution in [0.2, 0.25) is 10.0 Å². The highest BCUT2D eigenvalue weighted by Crippen LogP contribution is 2.30. The molecule has 3 aromatic rings. The van der Waals surface area contributed by atoms with Crippen LogP contribution in [0.15, 0.2) is 36.7 Å². The number of anilines is 1. The zero-order valence-corrected chi connectivity index (χ0v) is 22.1. The first kappa shape index (κ1) is 26.5. The molecular weight excluding hydrogens is 506 g/mol. The number of nitrogens with zero attached hydrogens (tertiary/aromatic N) is 3. The summed E-state index contributed by atoms with van der Waals surface area (Å²) in [6.45, 7) is 7.44. The van der Waals surface area contributed by atoms with Crippen molar-refractivity contribution in [3.05, 3.63) is 58.1 Å². The molecule has 0 radical (unpaired) electrons. The first-order chi connectivity index (χ1) is 17.0. The van der Waals surface area contributed by atoms with E-state index in [0.717, 1.165) is 23.2 Å². The van der Waals surface area contributed by atoms with Crippen LogP contribution in [0.25, 0.3) is 11.0 Å². The van der Waals surface area contributed by atoms with Gasteiger partial charge in [-0.1, -0.05) is 44.0 Å². The van der Waals surface area contributed by atoms with E-state index in [2.05, 4.69) is 31.1 Å². The quantitative estimate of drug-likeness (QED) is 0.400. The number of fused-ring (bicyclic) bond motifs is 2. The summed E-state index contributed by atoms with van der Waals surface area (Å²) in [5.41, 5.74) is 3.24. The van der Waals surface area contributed by atoms with Gasteiger partial charge in [-0.25, -0.2) is 14.2 Å². The Labute approximate surface area is 220 Å². The van der Waals surface area contributed by atoms with E-state index in [9.17, 15) is 14.3 Å². The molecule has 1 aliphatic rings. The molecular formula is C26H31Cl2FN4O3. The SMILES string of the molecule is CC(C)(C)C[C@@H](Cn1cnc2cc(Cl)c(Cl)cc21)OC(=O)N[C@@H](CO)CN1CCc2cc(F)ccc21. The van der Waals surface area contributed by atoms with E-state index in [1.54, 1.807) is 24.5 Å². The zero-order valence-electron chi connectivity index (χ0n) is 20.6. The fourth-order valence-corrected chi connectivity index (χ4v) is 4.96. The van der Waals surface area contributed by atoms with Gasteiger partial charge in [0, 0.05) is 18.8 Å². The summed E-state index contributed by atoms with van der Waals surface area (Å²) < 4.78 is 21.3. The van der Waals surface area contributed by atoms with Gasteiger partial charge >= 0.3 is 6.09 Å². The summed E-state index contributed by atoms with van der Waals surface area (Å²) in [5, 5.41) is 13.6. The molecule has 0 unspecified atom stereocenters. The Morgan fingerprint density at radius 2 is 1.97 bits per heavy atom. The van der Waals surface area contributed by atoms with E-state index in [0.29, 0.717) is 41.6 Å². The van der Waals surface area contributed by atoms with Gasteiger partial charge in [-0.15, -0.1) is 0 Å². The first-order valence-electron chi connectivity index (χ1n) is 11.9. The van der Waals surface area contributed by atoms with Crippen LogP contribution in [0, 0.1) is 11.2 Å². The second-order valence-corrected chi connectivity index (χ2v) is 11.3. The molecule has 0 bridgehead atoms. The second kappa shape index (κ2) is 10.8. The smallest absolute Gasteiger partial charge is 0.407 e. The molecule has 2 N–H and O–H groups in total.